The molecule has 0 spiro atoms. The lowest BCUT2D eigenvalue weighted by molar-refractivity contribution is -0.147. The first-order chi connectivity index (χ1) is 8.08. The second-order valence-electron chi connectivity index (χ2n) is 3.64. The summed E-state index contributed by atoms with van der Waals surface area (Å²) in [6.45, 7) is 1.95. The number of benzene rings is 1. The Morgan fingerprint density at radius 1 is 1.35 bits per heavy atom. The Kier molecular flexibility index (Phi) is 4.66. The van der Waals surface area contributed by atoms with Crippen LogP contribution in [0.2, 0.25) is 0 Å². The second-order valence-corrected chi connectivity index (χ2v) is 3.64. The molecule has 0 aliphatic rings. The van der Waals surface area contributed by atoms with Crippen LogP contribution in [0.25, 0.3) is 0 Å². The Labute approximate surface area is 99.9 Å². The van der Waals surface area contributed by atoms with E-state index >= 15 is 0 Å². The SMILES string of the molecule is COC(=O)C(C)C(=O)Nc1ccc(CN)cc1. The molecule has 1 aromatic rings. The van der Waals surface area contributed by atoms with Gasteiger partial charge in [0, 0.05) is 12.2 Å². The van der Waals surface area contributed by atoms with Crippen molar-refractivity contribution in [1.82, 2.24) is 0 Å². The summed E-state index contributed by atoms with van der Waals surface area (Å²) in [7, 11) is 1.25. The number of amides is 1. The molecule has 1 atom stereocenters. The van der Waals surface area contributed by atoms with Gasteiger partial charge in [0.25, 0.3) is 0 Å². The molecule has 0 bridgehead atoms. The summed E-state index contributed by atoms with van der Waals surface area (Å²) in [6.07, 6.45) is 0. The molecular formula is C12H16N2O3. The molecule has 1 unspecified atom stereocenters. The zero-order valence-electron chi connectivity index (χ0n) is 9.90. The lowest BCUT2D eigenvalue weighted by Crippen LogP contribution is -2.28. The average Bonchev–Trinajstić information content (AvgIpc) is 2.37. The Balaban J connectivity index is 2.64. The number of carbonyl (C=O) groups is 2. The largest absolute Gasteiger partial charge is 0.468 e. The number of hydrogen-bond donors (Lipinski definition) is 2. The van der Waals surface area contributed by atoms with Gasteiger partial charge in [-0.2, -0.15) is 0 Å². The molecule has 0 saturated heterocycles. The monoisotopic (exact) mass is 236 g/mol. The number of rotatable bonds is 4. The van der Waals surface area contributed by atoms with Gasteiger partial charge in [-0.3, -0.25) is 9.59 Å². The standard InChI is InChI=1S/C12H16N2O3/c1-8(12(16)17-2)11(15)14-10-5-3-9(7-13)4-6-10/h3-6,8H,7,13H2,1-2H3,(H,14,15). The van der Waals surface area contributed by atoms with Gasteiger partial charge >= 0.3 is 5.97 Å². The molecule has 0 aliphatic heterocycles. The van der Waals surface area contributed by atoms with E-state index in [4.69, 9.17) is 5.73 Å². The topological polar surface area (TPSA) is 81.4 Å². The van der Waals surface area contributed by atoms with Gasteiger partial charge in [0.15, 0.2) is 0 Å². The number of methoxy groups -OCH3 is 1. The van der Waals surface area contributed by atoms with Crippen LogP contribution in [-0.4, -0.2) is 19.0 Å². The third-order valence-corrected chi connectivity index (χ3v) is 2.41. The number of ether oxygens (including phenoxy) is 1. The molecular weight excluding hydrogens is 220 g/mol. The fraction of sp³-hybridized carbons (Fsp3) is 0.333. The quantitative estimate of drug-likeness (QED) is 0.601. The second kappa shape index (κ2) is 6.00. The molecule has 5 heteroatoms. The summed E-state index contributed by atoms with van der Waals surface area (Å²) in [4.78, 5) is 22.8. The lowest BCUT2D eigenvalue weighted by atomic mass is 10.1. The summed E-state index contributed by atoms with van der Waals surface area (Å²) in [5.41, 5.74) is 7.06. The summed E-state index contributed by atoms with van der Waals surface area (Å²) in [6, 6.07) is 7.12. The summed E-state index contributed by atoms with van der Waals surface area (Å²) < 4.78 is 4.49. The Bertz CT molecular complexity index is 401. The molecule has 92 valence electrons. The van der Waals surface area contributed by atoms with E-state index < -0.39 is 17.8 Å². The summed E-state index contributed by atoms with van der Waals surface area (Å²) in [5, 5.41) is 2.63. The van der Waals surface area contributed by atoms with Crippen molar-refractivity contribution in [3.8, 4) is 0 Å². The smallest absolute Gasteiger partial charge is 0.317 e. The van der Waals surface area contributed by atoms with E-state index in [2.05, 4.69) is 10.1 Å². The van der Waals surface area contributed by atoms with Crippen LogP contribution in [0.4, 0.5) is 5.69 Å². The van der Waals surface area contributed by atoms with Gasteiger partial charge in [-0.15, -0.1) is 0 Å². The predicted molar refractivity (Wildman–Crippen MR) is 64.1 cm³/mol. The van der Waals surface area contributed by atoms with E-state index in [0.29, 0.717) is 12.2 Å². The summed E-state index contributed by atoms with van der Waals surface area (Å²) in [5.74, 6) is -1.77. The molecule has 0 heterocycles. The normalized spacial score (nSPS) is 11.7. The fourth-order valence-electron chi connectivity index (χ4n) is 1.26. The van der Waals surface area contributed by atoms with Crippen LogP contribution >= 0.6 is 0 Å². The molecule has 3 N–H and O–H groups in total. The van der Waals surface area contributed by atoms with E-state index in [9.17, 15) is 9.59 Å². The third kappa shape index (κ3) is 3.57. The van der Waals surface area contributed by atoms with Gasteiger partial charge in [-0.05, 0) is 24.6 Å². The van der Waals surface area contributed by atoms with Crippen molar-refractivity contribution in [2.45, 2.75) is 13.5 Å². The van der Waals surface area contributed by atoms with Gasteiger partial charge in [-0.25, -0.2) is 0 Å². The first-order valence-electron chi connectivity index (χ1n) is 5.26. The van der Waals surface area contributed by atoms with Crippen LogP contribution in [0.5, 0.6) is 0 Å². The zero-order valence-corrected chi connectivity index (χ0v) is 9.90. The first kappa shape index (κ1) is 13.2. The molecule has 0 radical (unpaired) electrons. The highest BCUT2D eigenvalue weighted by Crippen LogP contribution is 2.11. The Morgan fingerprint density at radius 3 is 2.41 bits per heavy atom. The van der Waals surface area contributed by atoms with Gasteiger partial charge in [0.05, 0.1) is 7.11 Å². The number of hydrogen-bond acceptors (Lipinski definition) is 4. The van der Waals surface area contributed by atoms with Gasteiger partial charge in [-0.1, -0.05) is 12.1 Å². The van der Waals surface area contributed by atoms with E-state index in [1.54, 1.807) is 12.1 Å². The van der Waals surface area contributed by atoms with Crippen molar-refractivity contribution in [2.24, 2.45) is 11.7 Å². The molecule has 0 saturated carbocycles. The van der Waals surface area contributed by atoms with Gasteiger partial charge in [0.1, 0.15) is 5.92 Å². The molecule has 1 rings (SSSR count). The van der Waals surface area contributed by atoms with Crippen molar-refractivity contribution in [1.29, 1.82) is 0 Å². The van der Waals surface area contributed by atoms with Gasteiger partial charge in [0.2, 0.25) is 5.91 Å². The maximum Gasteiger partial charge on any atom is 0.317 e. The highest BCUT2D eigenvalue weighted by atomic mass is 16.5. The predicted octanol–water partition coefficient (Wildman–Crippen LogP) is 0.893. The van der Waals surface area contributed by atoms with Crippen LogP contribution < -0.4 is 11.1 Å². The van der Waals surface area contributed by atoms with Crippen LogP contribution in [0.1, 0.15) is 12.5 Å². The van der Waals surface area contributed by atoms with Crippen LogP contribution in [0.15, 0.2) is 24.3 Å². The van der Waals surface area contributed by atoms with Crippen molar-refractivity contribution in [3.63, 3.8) is 0 Å². The van der Waals surface area contributed by atoms with Crippen molar-refractivity contribution < 1.29 is 14.3 Å². The highest BCUT2D eigenvalue weighted by molar-refractivity contribution is 6.04. The number of nitrogens with two attached hydrogens (primary N) is 1. The summed E-state index contributed by atoms with van der Waals surface area (Å²) >= 11 is 0. The van der Waals surface area contributed by atoms with E-state index in [-0.39, 0.29) is 0 Å². The molecule has 1 amide bonds. The minimum atomic E-state index is -0.825. The number of esters is 1. The number of nitrogens with one attached hydrogen (secondary N) is 1. The molecule has 0 aliphatic carbocycles. The fourth-order valence-corrected chi connectivity index (χ4v) is 1.26. The van der Waals surface area contributed by atoms with E-state index in [0.717, 1.165) is 5.56 Å². The molecule has 0 aromatic heterocycles. The van der Waals surface area contributed by atoms with Crippen LogP contribution in [-0.2, 0) is 20.9 Å². The van der Waals surface area contributed by atoms with E-state index in [1.165, 1.54) is 14.0 Å². The Morgan fingerprint density at radius 2 is 1.94 bits per heavy atom. The Hall–Kier alpha value is -1.88. The number of carbonyl (C=O) groups excluding carboxylic acids is 2. The van der Waals surface area contributed by atoms with E-state index in [1.807, 2.05) is 12.1 Å². The lowest BCUT2D eigenvalue weighted by Gasteiger charge is -2.10. The molecule has 0 fully saturated rings. The molecule has 17 heavy (non-hydrogen) atoms. The molecule has 1 aromatic carbocycles. The van der Waals surface area contributed by atoms with Crippen LogP contribution in [0.3, 0.4) is 0 Å². The zero-order chi connectivity index (χ0) is 12.8. The third-order valence-electron chi connectivity index (χ3n) is 2.41. The number of anilines is 1. The molecule has 5 nitrogen and oxygen atoms in total. The maximum atomic E-state index is 11.6. The minimum absolute atomic E-state index is 0.391. The van der Waals surface area contributed by atoms with Crippen molar-refractivity contribution in [2.75, 3.05) is 12.4 Å². The van der Waals surface area contributed by atoms with Gasteiger partial charge < -0.3 is 15.8 Å². The highest BCUT2D eigenvalue weighted by Gasteiger charge is 2.21. The minimum Gasteiger partial charge on any atom is -0.468 e. The van der Waals surface area contributed by atoms with Crippen LogP contribution in [0, 0.1) is 5.92 Å². The maximum absolute atomic E-state index is 11.6. The average molecular weight is 236 g/mol. The van der Waals surface area contributed by atoms with Crippen molar-refractivity contribution in [3.05, 3.63) is 29.8 Å². The van der Waals surface area contributed by atoms with Crippen molar-refractivity contribution >= 4 is 17.6 Å². The first-order valence-corrected chi connectivity index (χ1v) is 5.26.